The second-order valence-electron chi connectivity index (χ2n) is 10.9. The number of nitrogens with zero attached hydrogens (tertiary/aromatic N) is 1. The molecule has 3 unspecified atom stereocenters. The molecule has 2 bridgehead atoms. The number of nitrogens with one attached hydrogen (secondary N) is 2. The van der Waals surface area contributed by atoms with Crippen molar-refractivity contribution in [2.75, 3.05) is 18.5 Å². The van der Waals surface area contributed by atoms with Crippen molar-refractivity contribution >= 4 is 50.1 Å². The predicted octanol–water partition coefficient (Wildman–Crippen LogP) is 3.62. The van der Waals surface area contributed by atoms with Gasteiger partial charge in [0.15, 0.2) is 0 Å². The van der Waals surface area contributed by atoms with Crippen LogP contribution < -0.4 is 10.6 Å². The fourth-order valence-corrected chi connectivity index (χ4v) is 7.69. The van der Waals surface area contributed by atoms with E-state index in [1.165, 1.54) is 0 Å². The summed E-state index contributed by atoms with van der Waals surface area (Å²) in [5.41, 5.74) is 0.470. The molecular weight excluding hydrogens is 574 g/mol. The van der Waals surface area contributed by atoms with E-state index in [0.717, 1.165) is 16.3 Å². The molecule has 6 atom stereocenters. The topological polar surface area (TPSA) is 108 Å². The number of anilines is 1. The highest BCUT2D eigenvalue weighted by molar-refractivity contribution is 9.09. The van der Waals surface area contributed by atoms with Gasteiger partial charge in [0.1, 0.15) is 11.6 Å². The largest absolute Gasteiger partial charge is 0.396 e. The van der Waals surface area contributed by atoms with Crippen molar-refractivity contribution < 1.29 is 24.2 Å². The number of fused-ring (bicyclic) bond motifs is 2. The summed E-state index contributed by atoms with van der Waals surface area (Å²) in [7, 11) is 0. The highest BCUT2D eigenvalue weighted by Crippen LogP contribution is 2.60. The van der Waals surface area contributed by atoms with Gasteiger partial charge in [0, 0.05) is 30.2 Å². The number of alkyl halides is 1. The van der Waals surface area contributed by atoms with Crippen LogP contribution >= 0.6 is 15.9 Å². The van der Waals surface area contributed by atoms with Gasteiger partial charge in [0.2, 0.25) is 17.7 Å². The molecule has 3 N–H and O–H groups in total. The van der Waals surface area contributed by atoms with E-state index in [1.807, 2.05) is 72.8 Å². The number of halogens is 1. The summed E-state index contributed by atoms with van der Waals surface area (Å²) in [5.74, 6) is -2.29. The van der Waals surface area contributed by atoms with Crippen LogP contribution in [-0.2, 0) is 25.7 Å². The molecule has 208 valence electrons. The van der Waals surface area contributed by atoms with Crippen LogP contribution in [0.1, 0.15) is 24.8 Å². The van der Waals surface area contributed by atoms with Crippen molar-refractivity contribution in [2.45, 2.75) is 48.4 Å². The number of aliphatic hydroxyl groups is 1. The van der Waals surface area contributed by atoms with E-state index in [0.29, 0.717) is 38.0 Å². The molecule has 0 radical (unpaired) electrons. The Bertz CT molecular complexity index is 1430. The minimum Gasteiger partial charge on any atom is -0.396 e. The minimum atomic E-state index is -1.12. The number of benzene rings is 3. The Kier molecular flexibility index (Phi) is 7.37. The van der Waals surface area contributed by atoms with E-state index in [2.05, 4.69) is 26.6 Å². The third kappa shape index (κ3) is 4.60. The standard InChI is InChI=1S/C31H32BrN3O5/c32-23-17-31-25(24(26(23)40-31)28(37)33-18-19-8-2-1-3-9-19)30(39)35(14-6-7-15-36)27(31)29(38)34-22-13-12-20-10-4-5-11-21(20)16-22/h1-5,8-13,16,23-27,36H,6-7,14-15,17-18H2,(H,33,37)(H,34,38)/t23?,24-,25+,26-,27?,31?/m1/s1. The molecule has 9 heteroatoms. The summed E-state index contributed by atoms with van der Waals surface area (Å²) >= 11 is 3.71. The number of rotatable bonds is 9. The molecule has 3 aromatic rings. The molecule has 6 rings (SSSR count). The normalized spacial score (nSPS) is 28.6. The Morgan fingerprint density at radius 2 is 1.75 bits per heavy atom. The molecule has 40 heavy (non-hydrogen) atoms. The summed E-state index contributed by atoms with van der Waals surface area (Å²) in [5, 5.41) is 17.5. The minimum absolute atomic E-state index is 0.00286. The second kappa shape index (κ2) is 11.0. The summed E-state index contributed by atoms with van der Waals surface area (Å²) < 4.78 is 6.55. The smallest absolute Gasteiger partial charge is 0.250 e. The lowest BCUT2D eigenvalue weighted by atomic mass is 9.70. The highest BCUT2D eigenvalue weighted by atomic mass is 79.9. The van der Waals surface area contributed by atoms with Gasteiger partial charge in [0.25, 0.3) is 0 Å². The number of hydrogen-bond donors (Lipinski definition) is 3. The molecule has 3 aromatic carbocycles. The van der Waals surface area contributed by atoms with Crippen LogP contribution in [0.3, 0.4) is 0 Å². The number of hydrogen-bond acceptors (Lipinski definition) is 5. The van der Waals surface area contributed by atoms with Crippen LogP contribution in [0.4, 0.5) is 5.69 Å². The fraction of sp³-hybridized carbons (Fsp3) is 0.387. The number of amides is 3. The van der Waals surface area contributed by atoms with Crippen LogP contribution in [0.15, 0.2) is 72.8 Å². The van der Waals surface area contributed by atoms with Crippen molar-refractivity contribution in [3.63, 3.8) is 0 Å². The summed E-state index contributed by atoms with van der Waals surface area (Å²) in [6.45, 7) is 0.639. The molecule has 3 saturated heterocycles. The first-order valence-corrected chi connectivity index (χ1v) is 14.7. The first-order valence-electron chi connectivity index (χ1n) is 13.8. The van der Waals surface area contributed by atoms with Gasteiger partial charge < -0.3 is 25.4 Å². The zero-order valence-electron chi connectivity index (χ0n) is 22.0. The van der Waals surface area contributed by atoms with Crippen LogP contribution in [0.25, 0.3) is 10.8 Å². The van der Waals surface area contributed by atoms with E-state index in [-0.39, 0.29) is 29.2 Å². The average Bonchev–Trinajstić information content (AvgIpc) is 3.55. The quantitative estimate of drug-likeness (QED) is 0.255. The van der Waals surface area contributed by atoms with Crippen molar-refractivity contribution in [1.82, 2.24) is 10.2 Å². The Balaban J connectivity index is 1.29. The van der Waals surface area contributed by atoms with Crippen molar-refractivity contribution in [2.24, 2.45) is 11.8 Å². The van der Waals surface area contributed by atoms with Gasteiger partial charge in [-0.1, -0.05) is 76.6 Å². The maximum Gasteiger partial charge on any atom is 0.250 e. The maximum absolute atomic E-state index is 14.0. The lowest BCUT2D eigenvalue weighted by Gasteiger charge is -2.34. The van der Waals surface area contributed by atoms with Crippen molar-refractivity contribution in [3.05, 3.63) is 78.4 Å². The summed E-state index contributed by atoms with van der Waals surface area (Å²) in [4.78, 5) is 43.0. The Morgan fingerprint density at radius 1 is 1.00 bits per heavy atom. The number of carbonyl (C=O) groups excluding carboxylic acids is 3. The van der Waals surface area contributed by atoms with E-state index < -0.39 is 29.6 Å². The number of ether oxygens (including phenoxy) is 1. The second-order valence-corrected chi connectivity index (χ2v) is 12.1. The molecule has 3 aliphatic heterocycles. The van der Waals surface area contributed by atoms with Gasteiger partial charge >= 0.3 is 0 Å². The Morgan fingerprint density at radius 3 is 2.52 bits per heavy atom. The van der Waals surface area contributed by atoms with Crippen LogP contribution in [0, 0.1) is 11.8 Å². The summed E-state index contributed by atoms with van der Waals surface area (Å²) in [6, 6.07) is 22.3. The molecule has 0 aromatic heterocycles. The number of aliphatic hydroxyl groups excluding tert-OH is 1. The van der Waals surface area contributed by atoms with Crippen LogP contribution in [0.2, 0.25) is 0 Å². The van der Waals surface area contributed by atoms with Crippen molar-refractivity contribution in [1.29, 1.82) is 0 Å². The molecule has 1 spiro atoms. The van der Waals surface area contributed by atoms with Gasteiger partial charge in [-0.3, -0.25) is 14.4 Å². The first-order chi connectivity index (χ1) is 19.4. The third-order valence-electron chi connectivity index (χ3n) is 8.47. The zero-order valence-corrected chi connectivity index (χ0v) is 23.5. The maximum atomic E-state index is 14.0. The molecular formula is C31H32BrN3O5. The van der Waals surface area contributed by atoms with E-state index >= 15 is 0 Å². The Labute approximate surface area is 241 Å². The monoisotopic (exact) mass is 605 g/mol. The van der Waals surface area contributed by atoms with Gasteiger partial charge in [-0.05, 0) is 47.7 Å². The first kappa shape index (κ1) is 26.9. The molecule has 3 amide bonds. The predicted molar refractivity (Wildman–Crippen MR) is 155 cm³/mol. The number of unbranched alkanes of at least 4 members (excludes halogenated alkanes) is 1. The summed E-state index contributed by atoms with van der Waals surface area (Å²) in [6.07, 6.45) is 0.978. The Hall–Kier alpha value is -3.27. The highest BCUT2D eigenvalue weighted by Gasteiger charge is 2.76. The van der Waals surface area contributed by atoms with E-state index in [4.69, 9.17) is 4.74 Å². The van der Waals surface area contributed by atoms with Crippen LogP contribution in [0.5, 0.6) is 0 Å². The number of likely N-dealkylation sites (tertiary alicyclic amines) is 1. The van der Waals surface area contributed by atoms with Gasteiger partial charge in [0.05, 0.1) is 17.9 Å². The van der Waals surface area contributed by atoms with Crippen molar-refractivity contribution in [3.8, 4) is 0 Å². The van der Waals surface area contributed by atoms with Gasteiger partial charge in [-0.2, -0.15) is 0 Å². The molecule has 3 heterocycles. The third-order valence-corrected chi connectivity index (χ3v) is 9.32. The molecule has 3 aliphatic rings. The van der Waals surface area contributed by atoms with Gasteiger partial charge in [-0.25, -0.2) is 0 Å². The molecule has 0 saturated carbocycles. The number of carbonyl (C=O) groups is 3. The van der Waals surface area contributed by atoms with E-state index in [1.54, 1.807) is 4.90 Å². The van der Waals surface area contributed by atoms with Crippen LogP contribution in [-0.4, -0.2) is 63.5 Å². The molecule has 0 aliphatic carbocycles. The molecule has 8 nitrogen and oxygen atoms in total. The molecule has 3 fully saturated rings. The zero-order chi connectivity index (χ0) is 27.9. The SMILES string of the molecule is O=C(Nc1ccc2ccccc2c1)C1N(CCCCO)C(=O)[C@@H]2[C@@H](C(=O)NCc3ccccc3)[C@@H]3OC12CC3Br. The fourth-order valence-electron chi connectivity index (χ4n) is 6.74. The van der Waals surface area contributed by atoms with Gasteiger partial charge in [-0.15, -0.1) is 0 Å². The lowest BCUT2D eigenvalue weighted by molar-refractivity contribution is -0.140. The lowest BCUT2D eigenvalue weighted by Crippen LogP contribution is -2.54. The van der Waals surface area contributed by atoms with E-state index in [9.17, 15) is 19.5 Å². The average molecular weight is 607 g/mol.